The third-order valence-electron chi connectivity index (χ3n) is 5.40. The second-order valence-corrected chi connectivity index (χ2v) is 8.34. The highest BCUT2D eigenvalue weighted by molar-refractivity contribution is 7.18. The van der Waals surface area contributed by atoms with Crippen LogP contribution in [0.4, 0.5) is 0 Å². The normalized spacial score (nSPS) is 14.7. The molecule has 1 aromatic carbocycles. The van der Waals surface area contributed by atoms with E-state index < -0.39 is 0 Å². The number of likely N-dealkylation sites (tertiary alicyclic amines) is 1. The van der Waals surface area contributed by atoms with E-state index in [0.717, 1.165) is 45.1 Å². The molecule has 0 bridgehead atoms. The molecule has 0 amide bonds. The lowest BCUT2D eigenvalue weighted by atomic mass is 10.1. The molecule has 1 aliphatic rings. The summed E-state index contributed by atoms with van der Waals surface area (Å²) < 4.78 is 1.77. The van der Waals surface area contributed by atoms with Gasteiger partial charge in [0, 0.05) is 4.88 Å². The second kappa shape index (κ2) is 7.26. The van der Waals surface area contributed by atoms with E-state index in [1.807, 2.05) is 32.0 Å². The number of benzene rings is 1. The molecule has 3 aromatic rings. The molecular weight excluding hydrogens is 356 g/mol. The Labute approximate surface area is 162 Å². The van der Waals surface area contributed by atoms with Crippen LogP contribution in [0.5, 0.6) is 0 Å². The molecule has 4 rings (SSSR count). The van der Waals surface area contributed by atoms with Crippen molar-refractivity contribution in [2.24, 2.45) is 0 Å². The Balaban J connectivity index is 1.87. The summed E-state index contributed by atoms with van der Waals surface area (Å²) in [5.74, 6) is 0.795. The van der Waals surface area contributed by atoms with Crippen LogP contribution >= 0.6 is 11.3 Å². The van der Waals surface area contributed by atoms with Gasteiger partial charge in [-0.2, -0.15) is 5.26 Å². The molecule has 5 nitrogen and oxygen atoms in total. The van der Waals surface area contributed by atoms with Gasteiger partial charge in [-0.05, 0) is 57.0 Å². The molecule has 1 fully saturated rings. The monoisotopic (exact) mass is 378 g/mol. The minimum atomic E-state index is 0.00351. The Morgan fingerprint density at radius 2 is 1.93 bits per heavy atom. The molecular formula is C21H22N4OS. The highest BCUT2D eigenvalue weighted by Gasteiger charge is 2.20. The summed E-state index contributed by atoms with van der Waals surface area (Å²) >= 11 is 1.59. The fraction of sp³-hybridized carbons (Fsp3) is 0.381. The van der Waals surface area contributed by atoms with E-state index in [4.69, 9.17) is 4.98 Å². The zero-order chi connectivity index (χ0) is 19.0. The average molecular weight is 379 g/mol. The highest BCUT2D eigenvalue weighted by Crippen LogP contribution is 2.27. The van der Waals surface area contributed by atoms with Gasteiger partial charge < -0.3 is 0 Å². The number of hydrogen-bond donors (Lipinski definition) is 0. The molecule has 1 aliphatic heterocycles. The maximum Gasteiger partial charge on any atom is 0.262 e. The summed E-state index contributed by atoms with van der Waals surface area (Å²) in [6.07, 6.45) is 2.39. The number of hydrogen-bond acceptors (Lipinski definition) is 5. The van der Waals surface area contributed by atoms with Crippen LogP contribution in [-0.4, -0.2) is 27.5 Å². The number of aryl methyl sites for hydroxylation is 2. The Morgan fingerprint density at radius 3 is 2.67 bits per heavy atom. The quantitative estimate of drug-likeness (QED) is 0.696. The molecule has 0 spiro atoms. The van der Waals surface area contributed by atoms with E-state index in [1.54, 1.807) is 22.0 Å². The van der Waals surface area contributed by atoms with Gasteiger partial charge in [0.2, 0.25) is 0 Å². The van der Waals surface area contributed by atoms with Crippen molar-refractivity contribution in [2.45, 2.75) is 39.8 Å². The van der Waals surface area contributed by atoms with Gasteiger partial charge in [-0.1, -0.05) is 18.2 Å². The molecule has 0 saturated carbocycles. The number of rotatable bonds is 4. The van der Waals surface area contributed by atoms with Crippen molar-refractivity contribution >= 4 is 21.6 Å². The first-order valence-corrected chi connectivity index (χ1v) is 10.1. The summed E-state index contributed by atoms with van der Waals surface area (Å²) in [5.41, 5.74) is 2.48. The number of aromatic nitrogens is 2. The van der Waals surface area contributed by atoms with Crippen LogP contribution < -0.4 is 5.56 Å². The Kier molecular flexibility index (Phi) is 4.81. The Hall–Kier alpha value is -2.49. The third-order valence-corrected chi connectivity index (χ3v) is 6.50. The summed E-state index contributed by atoms with van der Waals surface area (Å²) in [7, 11) is 0. The van der Waals surface area contributed by atoms with Gasteiger partial charge in [0.25, 0.3) is 5.56 Å². The molecule has 138 valence electrons. The fourth-order valence-electron chi connectivity index (χ4n) is 3.73. The predicted molar refractivity (Wildman–Crippen MR) is 108 cm³/mol. The maximum atomic E-state index is 13.4. The molecule has 0 radical (unpaired) electrons. The van der Waals surface area contributed by atoms with Crippen molar-refractivity contribution in [3.8, 4) is 6.07 Å². The van der Waals surface area contributed by atoms with Crippen LogP contribution in [0, 0.1) is 25.2 Å². The number of thiophene rings is 1. The van der Waals surface area contributed by atoms with E-state index in [2.05, 4.69) is 11.0 Å². The largest absolute Gasteiger partial charge is 0.296 e. The van der Waals surface area contributed by atoms with Crippen LogP contribution in [-0.2, 0) is 13.1 Å². The predicted octanol–water partition coefficient (Wildman–Crippen LogP) is 3.59. The highest BCUT2D eigenvalue weighted by atomic mass is 32.1. The van der Waals surface area contributed by atoms with Gasteiger partial charge in [-0.15, -0.1) is 11.3 Å². The molecule has 0 N–H and O–H groups in total. The van der Waals surface area contributed by atoms with Crippen molar-refractivity contribution in [3.63, 3.8) is 0 Å². The second-order valence-electron chi connectivity index (χ2n) is 7.13. The molecule has 27 heavy (non-hydrogen) atoms. The molecule has 1 saturated heterocycles. The Bertz CT molecular complexity index is 1100. The van der Waals surface area contributed by atoms with Gasteiger partial charge in [0.05, 0.1) is 30.1 Å². The van der Waals surface area contributed by atoms with Crippen molar-refractivity contribution in [1.29, 1.82) is 5.26 Å². The van der Waals surface area contributed by atoms with Crippen LogP contribution in [0.2, 0.25) is 0 Å². The van der Waals surface area contributed by atoms with Crippen molar-refractivity contribution in [3.05, 3.63) is 62.0 Å². The minimum absolute atomic E-state index is 0.00351. The number of nitrogens with zero attached hydrogens (tertiary/aromatic N) is 4. The molecule has 3 heterocycles. The van der Waals surface area contributed by atoms with Crippen molar-refractivity contribution < 1.29 is 0 Å². The van der Waals surface area contributed by atoms with Gasteiger partial charge in [0.1, 0.15) is 10.7 Å². The molecule has 0 unspecified atom stereocenters. The van der Waals surface area contributed by atoms with E-state index in [-0.39, 0.29) is 5.56 Å². The standard InChI is InChI=1S/C21H22N4OS/c1-14-15(2)27-20-19(14)21(26)25(12-17-8-4-3-7-16(17)11-22)18(23-20)13-24-9-5-6-10-24/h3-4,7-8H,5-6,9-10,12-13H2,1-2H3. The summed E-state index contributed by atoms with van der Waals surface area (Å²) in [6, 6.07) is 9.71. The van der Waals surface area contributed by atoms with E-state index in [0.29, 0.717) is 18.7 Å². The van der Waals surface area contributed by atoms with Gasteiger partial charge in [0.15, 0.2) is 0 Å². The SMILES string of the molecule is Cc1sc2nc(CN3CCCC3)n(Cc3ccccc3C#N)c(=O)c2c1C. The first-order chi connectivity index (χ1) is 13.1. The third kappa shape index (κ3) is 3.29. The molecule has 2 aromatic heterocycles. The zero-order valence-electron chi connectivity index (χ0n) is 15.7. The molecule has 6 heteroatoms. The Morgan fingerprint density at radius 1 is 1.19 bits per heavy atom. The lowest BCUT2D eigenvalue weighted by Gasteiger charge is -2.18. The minimum Gasteiger partial charge on any atom is -0.296 e. The number of fused-ring (bicyclic) bond motifs is 1. The zero-order valence-corrected chi connectivity index (χ0v) is 16.5. The fourth-order valence-corrected chi connectivity index (χ4v) is 4.77. The topological polar surface area (TPSA) is 61.9 Å². The smallest absolute Gasteiger partial charge is 0.262 e. The van der Waals surface area contributed by atoms with E-state index >= 15 is 0 Å². The summed E-state index contributed by atoms with van der Waals surface area (Å²) in [5, 5.41) is 10.1. The van der Waals surface area contributed by atoms with Gasteiger partial charge >= 0.3 is 0 Å². The first kappa shape index (κ1) is 17.9. The average Bonchev–Trinajstić information content (AvgIpc) is 3.27. The van der Waals surface area contributed by atoms with Crippen LogP contribution in [0.25, 0.3) is 10.2 Å². The first-order valence-electron chi connectivity index (χ1n) is 9.28. The summed E-state index contributed by atoms with van der Waals surface area (Å²) in [4.78, 5) is 22.6. The van der Waals surface area contributed by atoms with Gasteiger partial charge in [-0.3, -0.25) is 14.3 Å². The van der Waals surface area contributed by atoms with Crippen LogP contribution in [0.15, 0.2) is 29.1 Å². The van der Waals surface area contributed by atoms with Crippen molar-refractivity contribution in [2.75, 3.05) is 13.1 Å². The van der Waals surface area contributed by atoms with E-state index in [1.165, 1.54) is 12.8 Å². The van der Waals surface area contributed by atoms with E-state index in [9.17, 15) is 10.1 Å². The van der Waals surface area contributed by atoms with Gasteiger partial charge in [-0.25, -0.2) is 4.98 Å². The lowest BCUT2D eigenvalue weighted by molar-refractivity contribution is 0.315. The van der Waals surface area contributed by atoms with Crippen molar-refractivity contribution in [1.82, 2.24) is 14.5 Å². The molecule has 0 aliphatic carbocycles. The maximum absolute atomic E-state index is 13.4. The lowest BCUT2D eigenvalue weighted by Crippen LogP contribution is -2.30. The van der Waals surface area contributed by atoms with Crippen LogP contribution in [0.1, 0.15) is 40.2 Å². The molecule has 0 atom stereocenters. The van der Waals surface area contributed by atoms with Crippen LogP contribution in [0.3, 0.4) is 0 Å². The number of nitriles is 1. The summed E-state index contributed by atoms with van der Waals surface area (Å²) in [6.45, 7) is 7.18.